The molecule has 0 aliphatic carbocycles. The van der Waals surface area contributed by atoms with Gasteiger partial charge >= 0.3 is 0 Å². The van der Waals surface area contributed by atoms with Crippen molar-refractivity contribution in [3.05, 3.63) is 59.2 Å². The smallest absolute Gasteiger partial charge is 0.250 e. The van der Waals surface area contributed by atoms with Crippen molar-refractivity contribution in [2.24, 2.45) is 5.73 Å². The zero-order valence-corrected chi connectivity index (χ0v) is 11.9. The first kappa shape index (κ1) is 13.5. The van der Waals surface area contributed by atoms with Gasteiger partial charge in [-0.25, -0.2) is 0 Å². The summed E-state index contributed by atoms with van der Waals surface area (Å²) in [6, 6.07) is 13.7. The molecule has 108 valence electrons. The molecular weight excluding hydrogens is 262 g/mol. The molecule has 2 aromatic carbocycles. The van der Waals surface area contributed by atoms with Crippen LogP contribution in [0.1, 0.15) is 27.9 Å². The average Bonchev–Trinajstić information content (AvgIpc) is 2.68. The van der Waals surface area contributed by atoms with Crippen molar-refractivity contribution in [1.82, 2.24) is 0 Å². The molecule has 21 heavy (non-hydrogen) atoms. The minimum absolute atomic E-state index is 0.414. The molecule has 0 bridgehead atoms. The van der Waals surface area contributed by atoms with Crippen LogP contribution >= 0.6 is 0 Å². The lowest BCUT2D eigenvalue weighted by molar-refractivity contribution is 0.100. The van der Waals surface area contributed by atoms with Crippen molar-refractivity contribution in [3.8, 4) is 0 Å². The van der Waals surface area contributed by atoms with Crippen LogP contribution < -0.4 is 16.4 Å². The Bertz CT molecular complexity index is 681. The fraction of sp³-hybridized carbons (Fsp3) is 0.235. The van der Waals surface area contributed by atoms with E-state index >= 15 is 0 Å². The van der Waals surface area contributed by atoms with Crippen LogP contribution in [0.3, 0.4) is 0 Å². The summed E-state index contributed by atoms with van der Waals surface area (Å²) >= 11 is 0. The lowest BCUT2D eigenvalue weighted by Gasteiger charge is -2.25. The van der Waals surface area contributed by atoms with E-state index in [0.29, 0.717) is 11.3 Å². The Labute approximate surface area is 124 Å². The number of nitrogens with zero attached hydrogens (tertiary/aromatic N) is 1. The molecule has 4 nitrogen and oxygen atoms in total. The average molecular weight is 281 g/mol. The van der Waals surface area contributed by atoms with Crippen molar-refractivity contribution in [2.75, 3.05) is 17.2 Å². The van der Waals surface area contributed by atoms with E-state index in [4.69, 9.17) is 11.5 Å². The minimum Gasteiger partial charge on any atom is -0.399 e. The summed E-state index contributed by atoms with van der Waals surface area (Å²) in [5.41, 5.74) is 16.1. The predicted molar refractivity (Wildman–Crippen MR) is 85.2 cm³/mol. The molecule has 1 amide bonds. The van der Waals surface area contributed by atoms with E-state index in [0.717, 1.165) is 31.6 Å². The van der Waals surface area contributed by atoms with Crippen molar-refractivity contribution in [2.45, 2.75) is 19.4 Å². The Hall–Kier alpha value is -2.49. The summed E-state index contributed by atoms with van der Waals surface area (Å²) in [6.07, 6.45) is 2.10. The first-order valence-electron chi connectivity index (χ1n) is 7.16. The number of anilines is 2. The van der Waals surface area contributed by atoms with Crippen LogP contribution in [-0.2, 0) is 13.0 Å². The lowest BCUT2D eigenvalue weighted by Crippen LogP contribution is -2.26. The highest BCUT2D eigenvalue weighted by molar-refractivity contribution is 5.99. The van der Waals surface area contributed by atoms with Crippen LogP contribution in [0, 0.1) is 0 Å². The van der Waals surface area contributed by atoms with Gasteiger partial charge in [0.1, 0.15) is 0 Å². The second-order valence-corrected chi connectivity index (χ2v) is 5.43. The van der Waals surface area contributed by atoms with Crippen molar-refractivity contribution in [1.29, 1.82) is 0 Å². The number of rotatable bonds is 2. The van der Waals surface area contributed by atoms with Gasteiger partial charge in [0.2, 0.25) is 0 Å². The van der Waals surface area contributed by atoms with Gasteiger partial charge in [-0.3, -0.25) is 4.79 Å². The highest BCUT2D eigenvalue weighted by Crippen LogP contribution is 2.28. The number of amides is 1. The molecule has 0 spiro atoms. The van der Waals surface area contributed by atoms with E-state index < -0.39 is 5.91 Å². The van der Waals surface area contributed by atoms with Crippen molar-refractivity contribution in [3.63, 3.8) is 0 Å². The van der Waals surface area contributed by atoms with E-state index in [9.17, 15) is 4.79 Å². The first-order chi connectivity index (χ1) is 10.1. The maximum absolute atomic E-state index is 11.7. The standard InChI is InChI=1S/C17H19N3O/c18-14-7-8-15(17(19)21)16(10-14)20-9-3-6-12-4-1-2-5-13(12)11-20/h1-2,4-5,7-8,10H,3,6,9,11,18H2,(H2,19,21). The van der Waals surface area contributed by atoms with Crippen LogP contribution in [0.5, 0.6) is 0 Å². The number of benzene rings is 2. The SMILES string of the molecule is NC(=O)c1ccc(N)cc1N1CCCc2ccccc2C1. The quantitative estimate of drug-likeness (QED) is 0.830. The number of aryl methyl sites for hydroxylation is 1. The summed E-state index contributed by atoms with van der Waals surface area (Å²) in [5, 5.41) is 0. The zero-order chi connectivity index (χ0) is 14.8. The molecule has 0 saturated heterocycles. The minimum atomic E-state index is -0.414. The highest BCUT2D eigenvalue weighted by atomic mass is 16.1. The third-order valence-electron chi connectivity index (χ3n) is 3.98. The fourth-order valence-electron chi connectivity index (χ4n) is 2.92. The molecular formula is C17H19N3O. The molecule has 1 aliphatic rings. The van der Waals surface area contributed by atoms with E-state index in [1.165, 1.54) is 11.1 Å². The molecule has 1 heterocycles. The maximum Gasteiger partial charge on any atom is 0.250 e. The molecule has 0 unspecified atom stereocenters. The number of nitrogens with two attached hydrogens (primary N) is 2. The van der Waals surface area contributed by atoms with Gasteiger partial charge in [0.25, 0.3) is 5.91 Å². The third kappa shape index (κ3) is 2.70. The molecule has 0 saturated carbocycles. The largest absolute Gasteiger partial charge is 0.399 e. The Kier molecular flexibility index (Phi) is 3.52. The van der Waals surface area contributed by atoms with Crippen LogP contribution in [0.2, 0.25) is 0 Å². The second-order valence-electron chi connectivity index (χ2n) is 5.43. The summed E-state index contributed by atoms with van der Waals surface area (Å²) in [6.45, 7) is 1.66. The van der Waals surface area contributed by atoms with Gasteiger partial charge in [0.05, 0.1) is 11.3 Å². The topological polar surface area (TPSA) is 72.3 Å². The normalized spacial score (nSPS) is 14.4. The Morgan fingerprint density at radius 1 is 1.10 bits per heavy atom. The van der Waals surface area contributed by atoms with Crippen molar-refractivity contribution >= 4 is 17.3 Å². The first-order valence-corrected chi connectivity index (χ1v) is 7.16. The Morgan fingerprint density at radius 2 is 1.86 bits per heavy atom. The maximum atomic E-state index is 11.7. The summed E-state index contributed by atoms with van der Waals surface area (Å²) in [4.78, 5) is 13.9. The number of hydrogen-bond donors (Lipinski definition) is 2. The Morgan fingerprint density at radius 3 is 2.62 bits per heavy atom. The second kappa shape index (κ2) is 5.48. The molecule has 0 aromatic heterocycles. The van der Waals surface area contributed by atoms with Gasteiger partial charge in [-0.2, -0.15) is 0 Å². The van der Waals surface area contributed by atoms with E-state index in [-0.39, 0.29) is 0 Å². The molecule has 1 aliphatic heterocycles. The number of carbonyl (C=O) groups is 1. The molecule has 0 atom stereocenters. The Balaban J connectivity index is 2.01. The van der Waals surface area contributed by atoms with Gasteiger partial charge in [-0.1, -0.05) is 24.3 Å². The van der Waals surface area contributed by atoms with Gasteiger partial charge in [0.15, 0.2) is 0 Å². The molecule has 4 heteroatoms. The molecule has 0 radical (unpaired) electrons. The number of hydrogen-bond acceptors (Lipinski definition) is 3. The monoisotopic (exact) mass is 281 g/mol. The van der Waals surface area contributed by atoms with Crippen LogP contribution in [0.4, 0.5) is 11.4 Å². The van der Waals surface area contributed by atoms with Crippen LogP contribution in [0.25, 0.3) is 0 Å². The predicted octanol–water partition coefficient (Wildman–Crippen LogP) is 2.32. The van der Waals surface area contributed by atoms with Gasteiger partial charge in [-0.05, 0) is 42.2 Å². The van der Waals surface area contributed by atoms with Crippen molar-refractivity contribution < 1.29 is 4.79 Å². The molecule has 2 aromatic rings. The zero-order valence-electron chi connectivity index (χ0n) is 11.9. The van der Waals surface area contributed by atoms with Crippen LogP contribution in [-0.4, -0.2) is 12.5 Å². The van der Waals surface area contributed by atoms with Crippen LogP contribution in [0.15, 0.2) is 42.5 Å². The van der Waals surface area contributed by atoms with E-state index in [1.807, 2.05) is 6.07 Å². The molecule has 3 rings (SSSR count). The number of fused-ring (bicyclic) bond motifs is 1. The summed E-state index contributed by atoms with van der Waals surface area (Å²) in [5.74, 6) is -0.414. The van der Waals surface area contributed by atoms with E-state index in [2.05, 4.69) is 29.2 Å². The number of nitrogen functional groups attached to an aromatic ring is 1. The number of primary amides is 1. The fourth-order valence-corrected chi connectivity index (χ4v) is 2.92. The summed E-state index contributed by atoms with van der Waals surface area (Å²) < 4.78 is 0. The van der Waals surface area contributed by atoms with Gasteiger partial charge < -0.3 is 16.4 Å². The summed E-state index contributed by atoms with van der Waals surface area (Å²) in [7, 11) is 0. The van der Waals surface area contributed by atoms with Gasteiger partial charge in [0, 0.05) is 18.8 Å². The highest BCUT2D eigenvalue weighted by Gasteiger charge is 2.19. The number of carbonyl (C=O) groups excluding carboxylic acids is 1. The van der Waals surface area contributed by atoms with Gasteiger partial charge in [-0.15, -0.1) is 0 Å². The lowest BCUT2D eigenvalue weighted by atomic mass is 10.0. The molecule has 4 N–H and O–H groups in total. The van der Waals surface area contributed by atoms with E-state index in [1.54, 1.807) is 12.1 Å². The third-order valence-corrected chi connectivity index (χ3v) is 3.98. The molecule has 0 fully saturated rings.